The molecule has 3 unspecified atom stereocenters. The second-order valence-electron chi connectivity index (χ2n) is 9.96. The van der Waals surface area contributed by atoms with Crippen LogP contribution >= 0.6 is 11.8 Å². The molecule has 4 fully saturated rings. The summed E-state index contributed by atoms with van der Waals surface area (Å²) in [6.45, 7) is 6.33. The minimum Gasteiger partial charge on any atom is -0.394 e. The van der Waals surface area contributed by atoms with E-state index in [4.69, 9.17) is 0 Å². The molecule has 3 heterocycles. The van der Waals surface area contributed by atoms with Crippen LogP contribution in [0.2, 0.25) is 0 Å². The van der Waals surface area contributed by atoms with Crippen molar-refractivity contribution in [3.05, 3.63) is 0 Å². The summed E-state index contributed by atoms with van der Waals surface area (Å²) in [5.41, 5.74) is 0. The summed E-state index contributed by atoms with van der Waals surface area (Å²) in [5, 5.41) is 16.2. The van der Waals surface area contributed by atoms with Crippen molar-refractivity contribution in [1.82, 2.24) is 15.5 Å². The van der Waals surface area contributed by atoms with Crippen molar-refractivity contribution < 1.29 is 19.5 Å². The highest BCUT2D eigenvalue weighted by molar-refractivity contribution is 8.02. The molecule has 3 saturated heterocycles. The van der Waals surface area contributed by atoms with E-state index in [-0.39, 0.29) is 41.5 Å². The number of hydrogen-bond acceptors (Lipinski definition) is 5. The van der Waals surface area contributed by atoms with Gasteiger partial charge in [0.2, 0.25) is 17.7 Å². The average molecular weight is 452 g/mol. The zero-order valence-corrected chi connectivity index (χ0v) is 19.7. The number of aliphatic hydroxyl groups excluding tert-OH is 1. The summed E-state index contributed by atoms with van der Waals surface area (Å²) in [5.74, 6) is -1.04. The van der Waals surface area contributed by atoms with Crippen molar-refractivity contribution in [2.24, 2.45) is 17.8 Å². The summed E-state index contributed by atoms with van der Waals surface area (Å²) >= 11 is 1.70. The maximum atomic E-state index is 13.8. The molecule has 174 valence electrons. The van der Waals surface area contributed by atoms with E-state index in [9.17, 15) is 19.5 Å². The maximum Gasteiger partial charge on any atom is 0.244 e. The van der Waals surface area contributed by atoms with Crippen molar-refractivity contribution in [3.63, 3.8) is 0 Å². The lowest BCUT2D eigenvalue weighted by molar-refractivity contribution is -0.142. The number of rotatable bonds is 7. The van der Waals surface area contributed by atoms with E-state index in [0.29, 0.717) is 6.54 Å². The quantitative estimate of drug-likeness (QED) is 0.547. The smallest absolute Gasteiger partial charge is 0.244 e. The van der Waals surface area contributed by atoms with E-state index in [0.717, 1.165) is 38.5 Å². The lowest BCUT2D eigenvalue weighted by atomic mass is 9.65. The van der Waals surface area contributed by atoms with Crippen LogP contribution < -0.4 is 10.6 Å². The number of carbonyl (C=O) groups is 3. The van der Waals surface area contributed by atoms with Gasteiger partial charge in [0.1, 0.15) is 6.04 Å². The van der Waals surface area contributed by atoms with Crippen molar-refractivity contribution in [3.8, 4) is 0 Å². The van der Waals surface area contributed by atoms with Crippen LogP contribution in [0.1, 0.15) is 65.7 Å². The van der Waals surface area contributed by atoms with E-state index < -0.39 is 28.7 Å². The van der Waals surface area contributed by atoms with Gasteiger partial charge in [-0.2, -0.15) is 0 Å². The van der Waals surface area contributed by atoms with Crippen LogP contribution in [0, 0.1) is 17.8 Å². The van der Waals surface area contributed by atoms with Gasteiger partial charge in [-0.25, -0.2) is 0 Å². The van der Waals surface area contributed by atoms with E-state index in [1.165, 1.54) is 6.42 Å². The first kappa shape index (κ1) is 22.9. The fourth-order valence-corrected chi connectivity index (χ4v) is 8.92. The molecular weight excluding hydrogens is 414 g/mol. The zero-order valence-electron chi connectivity index (χ0n) is 18.9. The number of fused-ring (bicyclic) bond motifs is 1. The van der Waals surface area contributed by atoms with Crippen LogP contribution in [0.3, 0.4) is 0 Å². The van der Waals surface area contributed by atoms with Crippen molar-refractivity contribution in [2.75, 3.05) is 13.2 Å². The molecule has 3 amide bonds. The van der Waals surface area contributed by atoms with E-state index in [2.05, 4.69) is 17.6 Å². The Morgan fingerprint density at radius 3 is 2.61 bits per heavy atom. The van der Waals surface area contributed by atoms with Crippen molar-refractivity contribution in [1.29, 1.82) is 0 Å². The molecule has 1 aliphatic carbocycles. The van der Waals surface area contributed by atoms with Gasteiger partial charge in [0.05, 0.1) is 29.2 Å². The molecule has 1 saturated carbocycles. The number of nitrogens with one attached hydrogen (secondary N) is 2. The van der Waals surface area contributed by atoms with Crippen molar-refractivity contribution >= 4 is 29.5 Å². The van der Waals surface area contributed by atoms with E-state index in [1.54, 1.807) is 23.6 Å². The first-order valence-electron chi connectivity index (χ1n) is 12.1. The Balaban J connectivity index is 1.68. The Labute approximate surface area is 189 Å². The van der Waals surface area contributed by atoms with Gasteiger partial charge in [0, 0.05) is 17.8 Å². The fourth-order valence-electron chi connectivity index (χ4n) is 6.51. The normalized spacial score (nSPS) is 38.3. The van der Waals surface area contributed by atoms with Gasteiger partial charge >= 0.3 is 0 Å². The average Bonchev–Trinajstić information content (AvgIpc) is 3.36. The molecule has 4 rings (SSSR count). The number of amides is 3. The third-order valence-electron chi connectivity index (χ3n) is 7.97. The first-order chi connectivity index (χ1) is 14.9. The van der Waals surface area contributed by atoms with Crippen LogP contribution in [-0.2, 0) is 14.4 Å². The summed E-state index contributed by atoms with van der Waals surface area (Å²) in [6.07, 6.45) is 7.08. The summed E-state index contributed by atoms with van der Waals surface area (Å²) < 4.78 is -0.599. The van der Waals surface area contributed by atoms with Crippen molar-refractivity contribution in [2.45, 2.75) is 93.8 Å². The summed E-state index contributed by atoms with van der Waals surface area (Å²) in [4.78, 5) is 42.2. The Morgan fingerprint density at radius 2 is 1.97 bits per heavy atom. The Hall–Kier alpha value is -1.28. The monoisotopic (exact) mass is 451 g/mol. The number of carbonyl (C=O) groups excluding carboxylic acids is 3. The SMILES string of the molecule is CCCNC(=O)[C@@H]1[C@@H]2CC(C)C3(S2)C(C(=O)NC2CCCCC2)N([C@H](C)CO)C(=O)[C@H]13. The van der Waals surface area contributed by atoms with Gasteiger partial charge in [-0.3, -0.25) is 14.4 Å². The van der Waals surface area contributed by atoms with Gasteiger partial charge in [-0.1, -0.05) is 33.1 Å². The highest BCUT2D eigenvalue weighted by Crippen LogP contribution is 2.68. The van der Waals surface area contributed by atoms with Crippen LogP contribution in [0.25, 0.3) is 0 Å². The van der Waals surface area contributed by atoms with Crippen LogP contribution in [-0.4, -0.2) is 69.0 Å². The number of likely N-dealkylation sites (tertiary alicyclic amines) is 1. The molecule has 8 heteroatoms. The molecule has 0 radical (unpaired) electrons. The van der Waals surface area contributed by atoms with Crippen LogP contribution in [0.4, 0.5) is 0 Å². The molecule has 7 atom stereocenters. The molecule has 3 aliphatic heterocycles. The molecule has 1 spiro atoms. The third kappa shape index (κ3) is 3.58. The Bertz CT molecular complexity index is 728. The van der Waals surface area contributed by atoms with Gasteiger partial charge < -0.3 is 20.6 Å². The highest BCUT2D eigenvalue weighted by Gasteiger charge is 2.76. The van der Waals surface area contributed by atoms with Crippen LogP contribution in [0.5, 0.6) is 0 Å². The molecule has 2 bridgehead atoms. The lowest BCUT2D eigenvalue weighted by Crippen LogP contribution is -2.59. The standard InChI is InChI=1S/C23H37N3O4S/c1-4-10-24-20(28)17-16-11-13(2)23(31-16)18(17)22(30)26(14(3)12-27)19(23)21(29)25-15-8-6-5-7-9-15/h13-19,27H,4-12H2,1-3H3,(H,24,28)(H,25,29)/t13?,14-,16+,17-,18+,19?,23?/m1/s1. The second kappa shape index (κ2) is 8.93. The number of hydrogen-bond donors (Lipinski definition) is 3. The zero-order chi connectivity index (χ0) is 22.3. The number of thioether (sulfide) groups is 1. The summed E-state index contributed by atoms with van der Waals surface area (Å²) in [6, 6.07) is -0.940. The molecule has 31 heavy (non-hydrogen) atoms. The fraction of sp³-hybridized carbons (Fsp3) is 0.870. The molecule has 7 nitrogen and oxygen atoms in total. The molecule has 3 N–H and O–H groups in total. The molecule has 0 aromatic rings. The number of aliphatic hydroxyl groups is 1. The second-order valence-corrected chi connectivity index (χ2v) is 11.5. The largest absolute Gasteiger partial charge is 0.394 e. The molecular formula is C23H37N3O4S. The molecule has 4 aliphatic rings. The van der Waals surface area contributed by atoms with Gasteiger partial charge in [-0.15, -0.1) is 11.8 Å². The topological polar surface area (TPSA) is 98.7 Å². The lowest BCUT2D eigenvalue weighted by Gasteiger charge is -2.40. The minimum atomic E-state index is -0.636. The van der Waals surface area contributed by atoms with E-state index >= 15 is 0 Å². The predicted octanol–water partition coefficient (Wildman–Crippen LogP) is 1.68. The van der Waals surface area contributed by atoms with Gasteiger partial charge in [0.25, 0.3) is 0 Å². The molecule has 0 aromatic carbocycles. The van der Waals surface area contributed by atoms with E-state index in [1.807, 2.05) is 6.92 Å². The summed E-state index contributed by atoms with van der Waals surface area (Å²) in [7, 11) is 0. The highest BCUT2D eigenvalue weighted by atomic mass is 32.2. The Morgan fingerprint density at radius 1 is 1.26 bits per heavy atom. The maximum absolute atomic E-state index is 13.8. The van der Waals surface area contributed by atoms with Gasteiger partial charge in [0.15, 0.2) is 0 Å². The third-order valence-corrected chi connectivity index (χ3v) is 10.1. The molecule has 0 aromatic heterocycles. The Kier molecular flexibility index (Phi) is 6.59. The van der Waals surface area contributed by atoms with Crippen LogP contribution in [0.15, 0.2) is 0 Å². The number of nitrogens with zero attached hydrogens (tertiary/aromatic N) is 1. The van der Waals surface area contributed by atoms with Gasteiger partial charge in [-0.05, 0) is 38.5 Å². The minimum absolute atomic E-state index is 0.0589. The predicted molar refractivity (Wildman–Crippen MR) is 120 cm³/mol. The first-order valence-corrected chi connectivity index (χ1v) is 12.9.